The summed E-state index contributed by atoms with van der Waals surface area (Å²) < 4.78 is 0. The van der Waals surface area contributed by atoms with Crippen molar-refractivity contribution in [1.29, 1.82) is 0 Å². The van der Waals surface area contributed by atoms with Gasteiger partial charge in [-0.05, 0) is 30.7 Å². The van der Waals surface area contributed by atoms with Gasteiger partial charge in [-0.2, -0.15) is 0 Å². The zero-order chi connectivity index (χ0) is 11.3. The van der Waals surface area contributed by atoms with Crippen molar-refractivity contribution < 1.29 is 9.90 Å². The Morgan fingerprint density at radius 3 is 2.31 bits per heavy atom. The zero-order valence-corrected chi connectivity index (χ0v) is 10.5. The molecule has 1 aromatic rings. The first-order chi connectivity index (χ1) is 7.15. The fourth-order valence-corrected chi connectivity index (χ4v) is 1.38. The number of halogens is 1. The van der Waals surface area contributed by atoms with Crippen molar-refractivity contribution in [2.75, 3.05) is 18.5 Å². The van der Waals surface area contributed by atoms with Gasteiger partial charge >= 0.3 is 5.97 Å². The number of nitrogens with zero attached hydrogens (tertiary/aromatic N) is 1. The van der Waals surface area contributed by atoms with Crippen LogP contribution in [0, 0.1) is 0 Å². The summed E-state index contributed by atoms with van der Waals surface area (Å²) in [5.74, 6) is -0.877. The SMILES string of the molecule is CCCCN(C)c1ccc(C(=O)O)cc1.Cl. The largest absolute Gasteiger partial charge is 0.478 e. The van der Waals surface area contributed by atoms with E-state index in [0.29, 0.717) is 5.56 Å². The Labute approximate surface area is 102 Å². The highest BCUT2D eigenvalue weighted by Crippen LogP contribution is 2.14. The first kappa shape index (κ1) is 14.8. The molecule has 1 N–H and O–H groups in total. The Morgan fingerprint density at radius 1 is 1.31 bits per heavy atom. The van der Waals surface area contributed by atoms with Crippen molar-refractivity contribution in [3.8, 4) is 0 Å². The summed E-state index contributed by atoms with van der Waals surface area (Å²) in [6.45, 7) is 3.16. The summed E-state index contributed by atoms with van der Waals surface area (Å²) in [4.78, 5) is 12.8. The van der Waals surface area contributed by atoms with E-state index in [9.17, 15) is 4.79 Å². The van der Waals surface area contributed by atoms with Crippen molar-refractivity contribution in [3.63, 3.8) is 0 Å². The van der Waals surface area contributed by atoms with E-state index >= 15 is 0 Å². The Bertz CT molecular complexity index is 324. The second-order valence-corrected chi connectivity index (χ2v) is 3.63. The standard InChI is InChI=1S/C12H17NO2.ClH/c1-3-4-9-13(2)11-7-5-10(6-8-11)12(14)15;/h5-8H,3-4,9H2,1-2H3,(H,14,15);1H. The number of benzene rings is 1. The molecule has 1 rings (SSSR count). The van der Waals surface area contributed by atoms with Gasteiger partial charge in [-0.25, -0.2) is 4.79 Å². The van der Waals surface area contributed by atoms with Crippen molar-refractivity contribution >= 4 is 24.1 Å². The van der Waals surface area contributed by atoms with Crippen LogP contribution in [0.15, 0.2) is 24.3 Å². The van der Waals surface area contributed by atoms with E-state index in [-0.39, 0.29) is 12.4 Å². The van der Waals surface area contributed by atoms with Crippen molar-refractivity contribution in [1.82, 2.24) is 0 Å². The maximum absolute atomic E-state index is 10.6. The van der Waals surface area contributed by atoms with E-state index in [1.807, 2.05) is 19.2 Å². The number of hydrogen-bond acceptors (Lipinski definition) is 2. The van der Waals surface area contributed by atoms with Gasteiger partial charge in [-0.1, -0.05) is 13.3 Å². The van der Waals surface area contributed by atoms with Crippen LogP contribution in [0.5, 0.6) is 0 Å². The fraction of sp³-hybridized carbons (Fsp3) is 0.417. The van der Waals surface area contributed by atoms with Gasteiger partial charge in [0.05, 0.1) is 5.56 Å². The second-order valence-electron chi connectivity index (χ2n) is 3.63. The number of carbonyl (C=O) groups is 1. The molecule has 0 amide bonds. The molecule has 0 spiro atoms. The summed E-state index contributed by atoms with van der Waals surface area (Å²) in [5, 5.41) is 8.74. The summed E-state index contributed by atoms with van der Waals surface area (Å²) in [6.07, 6.45) is 2.31. The Hall–Kier alpha value is -1.22. The Balaban J connectivity index is 0.00000225. The molecule has 0 atom stereocenters. The molecule has 3 nitrogen and oxygen atoms in total. The summed E-state index contributed by atoms with van der Waals surface area (Å²) in [5.41, 5.74) is 1.40. The molecule has 0 fully saturated rings. The molecule has 0 saturated heterocycles. The Morgan fingerprint density at radius 2 is 1.88 bits per heavy atom. The van der Waals surface area contributed by atoms with E-state index in [2.05, 4.69) is 11.8 Å². The van der Waals surface area contributed by atoms with E-state index in [0.717, 1.165) is 25.1 Å². The molecule has 0 aliphatic heterocycles. The molecule has 0 saturated carbocycles. The Kier molecular flexibility index (Phi) is 6.58. The average Bonchev–Trinajstić information content (AvgIpc) is 2.26. The normalized spacial score (nSPS) is 9.38. The molecular formula is C12H18ClNO2. The lowest BCUT2D eigenvalue weighted by molar-refractivity contribution is 0.0697. The molecule has 0 aliphatic carbocycles. The van der Waals surface area contributed by atoms with Gasteiger partial charge in [0.1, 0.15) is 0 Å². The van der Waals surface area contributed by atoms with Crippen LogP contribution in [0.25, 0.3) is 0 Å². The minimum Gasteiger partial charge on any atom is -0.478 e. The summed E-state index contributed by atoms with van der Waals surface area (Å²) >= 11 is 0. The topological polar surface area (TPSA) is 40.5 Å². The minimum atomic E-state index is -0.877. The van der Waals surface area contributed by atoms with E-state index in [4.69, 9.17) is 5.11 Å². The molecule has 0 radical (unpaired) electrons. The zero-order valence-electron chi connectivity index (χ0n) is 9.64. The second kappa shape index (κ2) is 7.12. The molecule has 90 valence electrons. The van der Waals surface area contributed by atoms with Gasteiger partial charge in [-0.3, -0.25) is 0 Å². The van der Waals surface area contributed by atoms with Gasteiger partial charge in [0.15, 0.2) is 0 Å². The summed E-state index contributed by atoms with van der Waals surface area (Å²) in [7, 11) is 2.02. The predicted octanol–water partition coefficient (Wildman–Crippen LogP) is 3.04. The molecule has 0 aliphatic rings. The number of unbranched alkanes of at least 4 members (excludes halogenated alkanes) is 1. The number of carboxylic acids is 1. The first-order valence-corrected chi connectivity index (χ1v) is 5.19. The van der Waals surface area contributed by atoms with Crippen LogP contribution in [0.4, 0.5) is 5.69 Å². The van der Waals surface area contributed by atoms with Gasteiger partial charge in [0, 0.05) is 19.3 Å². The van der Waals surface area contributed by atoms with Crippen molar-refractivity contribution in [2.24, 2.45) is 0 Å². The maximum Gasteiger partial charge on any atom is 0.335 e. The molecule has 0 aromatic heterocycles. The smallest absolute Gasteiger partial charge is 0.335 e. The monoisotopic (exact) mass is 243 g/mol. The quantitative estimate of drug-likeness (QED) is 0.864. The number of anilines is 1. The van der Waals surface area contributed by atoms with Gasteiger partial charge in [0.2, 0.25) is 0 Å². The molecule has 0 heterocycles. The van der Waals surface area contributed by atoms with Crippen LogP contribution in [0.3, 0.4) is 0 Å². The third kappa shape index (κ3) is 4.11. The molecule has 0 unspecified atom stereocenters. The van der Waals surface area contributed by atoms with Gasteiger partial charge in [0.25, 0.3) is 0 Å². The lowest BCUT2D eigenvalue weighted by Crippen LogP contribution is -2.18. The van der Waals surface area contributed by atoms with E-state index in [1.54, 1.807) is 12.1 Å². The van der Waals surface area contributed by atoms with Crippen molar-refractivity contribution in [3.05, 3.63) is 29.8 Å². The van der Waals surface area contributed by atoms with Crippen LogP contribution in [-0.2, 0) is 0 Å². The number of carboxylic acid groups (broad SMARTS) is 1. The molecular weight excluding hydrogens is 226 g/mol. The summed E-state index contributed by atoms with van der Waals surface area (Å²) in [6, 6.07) is 6.97. The van der Waals surface area contributed by atoms with Crippen LogP contribution < -0.4 is 4.90 Å². The van der Waals surface area contributed by atoms with E-state index in [1.165, 1.54) is 0 Å². The van der Waals surface area contributed by atoms with Crippen LogP contribution >= 0.6 is 12.4 Å². The first-order valence-electron chi connectivity index (χ1n) is 5.19. The van der Waals surface area contributed by atoms with Gasteiger partial charge in [-0.15, -0.1) is 12.4 Å². The number of aromatic carboxylic acids is 1. The fourth-order valence-electron chi connectivity index (χ4n) is 1.38. The molecule has 0 bridgehead atoms. The van der Waals surface area contributed by atoms with Crippen LogP contribution in [-0.4, -0.2) is 24.7 Å². The van der Waals surface area contributed by atoms with E-state index < -0.39 is 5.97 Å². The maximum atomic E-state index is 10.6. The number of rotatable bonds is 5. The number of hydrogen-bond donors (Lipinski definition) is 1. The minimum absolute atomic E-state index is 0. The predicted molar refractivity (Wildman–Crippen MR) is 68.8 cm³/mol. The van der Waals surface area contributed by atoms with Crippen LogP contribution in [0.1, 0.15) is 30.1 Å². The highest BCUT2D eigenvalue weighted by molar-refractivity contribution is 5.88. The highest BCUT2D eigenvalue weighted by Gasteiger charge is 2.03. The third-order valence-corrected chi connectivity index (χ3v) is 2.40. The average molecular weight is 244 g/mol. The molecule has 4 heteroatoms. The van der Waals surface area contributed by atoms with Crippen molar-refractivity contribution in [2.45, 2.75) is 19.8 Å². The lowest BCUT2D eigenvalue weighted by atomic mass is 10.2. The van der Waals surface area contributed by atoms with Gasteiger partial charge < -0.3 is 10.0 Å². The van der Waals surface area contributed by atoms with Crippen LogP contribution in [0.2, 0.25) is 0 Å². The third-order valence-electron chi connectivity index (χ3n) is 2.40. The highest BCUT2D eigenvalue weighted by atomic mass is 35.5. The molecule has 1 aromatic carbocycles. The molecule has 16 heavy (non-hydrogen) atoms. The lowest BCUT2D eigenvalue weighted by Gasteiger charge is -2.18.